The molecular weight excluding hydrogens is 234 g/mol. The molecule has 3 atom stereocenters. The fourth-order valence-corrected chi connectivity index (χ4v) is 3.03. The van der Waals surface area contributed by atoms with Gasteiger partial charge in [-0.05, 0) is 24.8 Å². The van der Waals surface area contributed by atoms with Crippen LogP contribution in [0.15, 0.2) is 16.9 Å². The first-order chi connectivity index (χ1) is 8.65. The number of rotatable bonds is 1. The minimum absolute atomic E-state index is 0.173. The second kappa shape index (κ2) is 4.20. The molecule has 2 fully saturated rings. The third-order valence-corrected chi connectivity index (χ3v) is 4.00. The van der Waals surface area contributed by atoms with Gasteiger partial charge >= 0.3 is 0 Å². The van der Waals surface area contributed by atoms with Crippen molar-refractivity contribution in [1.29, 1.82) is 0 Å². The molecule has 6 heteroatoms. The molecule has 6 nitrogen and oxygen atoms in total. The lowest BCUT2D eigenvalue weighted by Crippen LogP contribution is -2.32. The number of hydrogen-bond acceptors (Lipinski definition) is 4. The Kier molecular flexibility index (Phi) is 2.66. The van der Waals surface area contributed by atoms with Gasteiger partial charge in [-0.3, -0.25) is 9.59 Å². The van der Waals surface area contributed by atoms with Gasteiger partial charge in [0.1, 0.15) is 5.69 Å². The molecule has 1 amide bonds. The van der Waals surface area contributed by atoms with Gasteiger partial charge in [-0.15, -0.1) is 0 Å². The highest BCUT2D eigenvalue weighted by Crippen LogP contribution is 2.38. The molecular formula is C12H15N3O3. The van der Waals surface area contributed by atoms with Crippen LogP contribution in [0.4, 0.5) is 0 Å². The van der Waals surface area contributed by atoms with Crippen molar-refractivity contribution in [3.63, 3.8) is 0 Å². The summed E-state index contributed by atoms with van der Waals surface area (Å²) in [4.78, 5) is 24.8. The molecule has 1 aromatic rings. The normalized spacial score (nSPS) is 30.5. The predicted molar refractivity (Wildman–Crippen MR) is 63.0 cm³/mol. The molecule has 3 unspecified atom stereocenters. The molecule has 0 radical (unpaired) electrons. The van der Waals surface area contributed by atoms with Gasteiger partial charge in [-0.1, -0.05) is 0 Å². The van der Waals surface area contributed by atoms with Crippen LogP contribution < -0.4 is 5.56 Å². The summed E-state index contributed by atoms with van der Waals surface area (Å²) in [5.41, 5.74) is -0.0654. The third-order valence-electron chi connectivity index (χ3n) is 4.00. The van der Waals surface area contributed by atoms with Gasteiger partial charge in [0.05, 0.1) is 6.10 Å². The van der Waals surface area contributed by atoms with E-state index in [0.29, 0.717) is 19.0 Å². The van der Waals surface area contributed by atoms with Gasteiger partial charge in [0.25, 0.3) is 11.5 Å². The van der Waals surface area contributed by atoms with E-state index in [1.54, 1.807) is 4.90 Å². The third kappa shape index (κ3) is 1.82. The number of nitrogens with one attached hydrogen (secondary N) is 1. The average Bonchev–Trinajstić information content (AvgIpc) is 2.92. The van der Waals surface area contributed by atoms with Gasteiger partial charge in [0.2, 0.25) is 0 Å². The van der Waals surface area contributed by atoms with E-state index in [4.69, 9.17) is 0 Å². The number of H-pyrrole nitrogens is 1. The molecule has 2 N–H and O–H groups in total. The van der Waals surface area contributed by atoms with Crippen LogP contribution in [0.2, 0.25) is 0 Å². The molecule has 1 aliphatic carbocycles. The first-order valence-corrected chi connectivity index (χ1v) is 6.18. The summed E-state index contributed by atoms with van der Waals surface area (Å²) in [5, 5.41) is 15.8. The molecule has 0 bridgehead atoms. The summed E-state index contributed by atoms with van der Waals surface area (Å²) in [5.74, 6) is 0.441. The number of aromatic amines is 1. The van der Waals surface area contributed by atoms with E-state index >= 15 is 0 Å². The molecule has 3 rings (SSSR count). The first kappa shape index (κ1) is 11.4. The van der Waals surface area contributed by atoms with Crippen LogP contribution in [0.5, 0.6) is 0 Å². The van der Waals surface area contributed by atoms with Crippen LogP contribution in [0, 0.1) is 11.8 Å². The SMILES string of the molecule is O=C(c1ccc(=O)[nH]n1)N1CC2CCC(O)C2C1. The molecule has 1 saturated carbocycles. The lowest BCUT2D eigenvalue weighted by molar-refractivity contribution is 0.0745. The summed E-state index contributed by atoms with van der Waals surface area (Å²) < 4.78 is 0. The number of amides is 1. The minimum Gasteiger partial charge on any atom is -0.393 e. The zero-order valence-corrected chi connectivity index (χ0v) is 9.87. The van der Waals surface area contributed by atoms with E-state index in [1.165, 1.54) is 12.1 Å². The van der Waals surface area contributed by atoms with Crippen molar-refractivity contribution in [2.75, 3.05) is 13.1 Å². The van der Waals surface area contributed by atoms with Crippen molar-refractivity contribution in [3.05, 3.63) is 28.2 Å². The maximum Gasteiger partial charge on any atom is 0.274 e. The van der Waals surface area contributed by atoms with Crippen LogP contribution in [0.1, 0.15) is 23.3 Å². The number of likely N-dealkylation sites (tertiary alicyclic amines) is 1. The van der Waals surface area contributed by atoms with Crippen LogP contribution in [0.3, 0.4) is 0 Å². The Morgan fingerprint density at radius 1 is 1.39 bits per heavy atom. The summed E-state index contributed by atoms with van der Waals surface area (Å²) in [7, 11) is 0. The van der Waals surface area contributed by atoms with E-state index in [0.717, 1.165) is 12.8 Å². The number of aliphatic hydroxyl groups excluding tert-OH is 1. The number of nitrogens with zero attached hydrogens (tertiary/aromatic N) is 2. The molecule has 0 spiro atoms. The van der Waals surface area contributed by atoms with Crippen molar-refractivity contribution in [2.24, 2.45) is 11.8 Å². The molecule has 1 aromatic heterocycles. The van der Waals surface area contributed by atoms with Crippen LogP contribution >= 0.6 is 0 Å². The molecule has 18 heavy (non-hydrogen) atoms. The van der Waals surface area contributed by atoms with Crippen molar-refractivity contribution < 1.29 is 9.90 Å². The Morgan fingerprint density at radius 3 is 2.89 bits per heavy atom. The van der Waals surface area contributed by atoms with Gasteiger partial charge in [-0.25, -0.2) is 5.10 Å². The standard InChI is InChI=1S/C12H15N3O3/c16-10-3-1-7-5-15(6-8(7)10)12(18)9-2-4-11(17)14-13-9/h2,4,7-8,10,16H,1,3,5-6H2,(H,14,17). The smallest absolute Gasteiger partial charge is 0.274 e. The Bertz CT molecular complexity index is 507. The number of aromatic nitrogens is 2. The molecule has 2 aliphatic rings. The number of hydrogen-bond donors (Lipinski definition) is 2. The second-order valence-corrected chi connectivity index (χ2v) is 5.09. The average molecular weight is 249 g/mol. The number of aliphatic hydroxyl groups is 1. The summed E-state index contributed by atoms with van der Waals surface area (Å²) in [6.45, 7) is 1.27. The summed E-state index contributed by atoms with van der Waals surface area (Å²) in [6, 6.07) is 2.73. The fourth-order valence-electron chi connectivity index (χ4n) is 3.03. The van der Waals surface area contributed by atoms with Crippen LogP contribution in [0.25, 0.3) is 0 Å². The molecule has 1 aliphatic heterocycles. The van der Waals surface area contributed by atoms with Gasteiger partial charge < -0.3 is 10.0 Å². The monoisotopic (exact) mass is 249 g/mol. The maximum absolute atomic E-state index is 12.2. The predicted octanol–water partition coefficient (Wildman–Crippen LogP) is -0.387. The van der Waals surface area contributed by atoms with E-state index in [9.17, 15) is 14.7 Å². The fraction of sp³-hybridized carbons (Fsp3) is 0.583. The minimum atomic E-state index is -0.319. The highest BCUT2D eigenvalue weighted by atomic mass is 16.3. The van der Waals surface area contributed by atoms with E-state index in [1.807, 2.05) is 0 Å². The Morgan fingerprint density at radius 2 is 2.22 bits per heavy atom. The van der Waals surface area contributed by atoms with Gasteiger partial charge in [-0.2, -0.15) is 5.10 Å². The summed E-state index contributed by atoms with van der Waals surface area (Å²) in [6.07, 6.45) is 1.54. The van der Waals surface area contributed by atoms with Crippen LogP contribution in [-0.2, 0) is 0 Å². The second-order valence-electron chi connectivity index (χ2n) is 5.09. The number of carbonyl (C=O) groups is 1. The van der Waals surface area contributed by atoms with Crippen molar-refractivity contribution >= 4 is 5.91 Å². The highest BCUT2D eigenvalue weighted by Gasteiger charge is 2.43. The number of fused-ring (bicyclic) bond motifs is 1. The topological polar surface area (TPSA) is 86.3 Å². The molecule has 0 aromatic carbocycles. The van der Waals surface area contributed by atoms with Crippen molar-refractivity contribution in [2.45, 2.75) is 18.9 Å². The summed E-state index contributed by atoms with van der Waals surface area (Å²) >= 11 is 0. The zero-order chi connectivity index (χ0) is 12.7. The molecule has 1 saturated heterocycles. The Labute approximate surface area is 104 Å². The molecule has 2 heterocycles. The first-order valence-electron chi connectivity index (χ1n) is 6.18. The van der Waals surface area contributed by atoms with Gasteiger partial charge in [0.15, 0.2) is 0 Å². The van der Waals surface area contributed by atoms with Gasteiger partial charge in [0, 0.05) is 25.1 Å². The Balaban J connectivity index is 1.75. The lowest BCUT2D eigenvalue weighted by atomic mass is 10.00. The highest BCUT2D eigenvalue weighted by molar-refractivity contribution is 5.92. The van der Waals surface area contributed by atoms with Crippen molar-refractivity contribution in [3.8, 4) is 0 Å². The maximum atomic E-state index is 12.2. The molecule has 96 valence electrons. The van der Waals surface area contributed by atoms with E-state index in [2.05, 4.69) is 10.2 Å². The van der Waals surface area contributed by atoms with E-state index < -0.39 is 0 Å². The van der Waals surface area contributed by atoms with Crippen molar-refractivity contribution in [1.82, 2.24) is 15.1 Å². The lowest BCUT2D eigenvalue weighted by Gasteiger charge is -2.17. The quantitative estimate of drug-likeness (QED) is 0.710. The zero-order valence-electron chi connectivity index (χ0n) is 9.87. The Hall–Kier alpha value is -1.69. The largest absolute Gasteiger partial charge is 0.393 e. The van der Waals surface area contributed by atoms with E-state index in [-0.39, 0.29) is 29.2 Å². The van der Waals surface area contributed by atoms with Crippen LogP contribution in [-0.4, -0.2) is 45.3 Å². The number of carbonyl (C=O) groups excluding carboxylic acids is 1.